The molecule has 3 nitrogen and oxygen atoms in total. The Morgan fingerprint density at radius 1 is 1.80 bits per heavy atom. The topological polar surface area (TPSA) is 66.9 Å². The molecule has 0 unspecified atom stereocenters. The normalized spacial score (nSPS) is 12.9. The summed E-state index contributed by atoms with van der Waals surface area (Å²) in [4.78, 5) is 0. The van der Waals surface area contributed by atoms with Gasteiger partial charge >= 0.3 is 0 Å². The molecule has 0 aliphatic carbocycles. The smallest absolute Gasteiger partial charge is 0.151 e. The van der Waals surface area contributed by atoms with Crippen LogP contribution >= 0.6 is 11.8 Å². The fourth-order valence-electron chi connectivity index (χ4n) is 0.389. The zero-order valence-electron chi connectivity index (χ0n) is 5.92. The van der Waals surface area contributed by atoms with Gasteiger partial charge < -0.3 is 5.73 Å². The lowest BCUT2D eigenvalue weighted by Gasteiger charge is -1.96. The van der Waals surface area contributed by atoms with Gasteiger partial charge in [-0.3, -0.25) is 9.62 Å². The summed E-state index contributed by atoms with van der Waals surface area (Å²) in [7, 11) is -0.716. The Hall–Kier alpha value is -0.0300. The van der Waals surface area contributed by atoms with Crippen LogP contribution in [-0.2, 0) is 10.8 Å². The Kier molecular flexibility index (Phi) is 5.71. The maximum atomic E-state index is 10.8. The monoisotopic (exact) mass is 180 g/mol. The molecule has 0 aromatic heterocycles. The Balaban J connectivity index is 3.20. The Morgan fingerprint density at radius 2 is 2.40 bits per heavy atom. The summed E-state index contributed by atoms with van der Waals surface area (Å²) in [6.07, 6.45) is 0. The van der Waals surface area contributed by atoms with Gasteiger partial charge in [0.1, 0.15) is 0 Å². The van der Waals surface area contributed by atoms with E-state index in [1.54, 1.807) is 0 Å². The highest BCUT2D eigenvalue weighted by atomic mass is 32.2. The van der Waals surface area contributed by atoms with Gasteiger partial charge in [-0.2, -0.15) is 0 Å². The number of amidine groups is 1. The third-order valence-electron chi connectivity index (χ3n) is 0.891. The molecule has 0 aromatic carbocycles. The van der Waals surface area contributed by atoms with Gasteiger partial charge in [-0.15, -0.1) is 0 Å². The molecule has 0 spiro atoms. The van der Waals surface area contributed by atoms with Crippen LogP contribution in [0.15, 0.2) is 0 Å². The fourth-order valence-corrected chi connectivity index (χ4v) is 1.97. The van der Waals surface area contributed by atoms with Crippen molar-refractivity contribution in [2.24, 2.45) is 5.73 Å². The molecule has 0 fully saturated rings. The molecule has 0 aliphatic rings. The first kappa shape index (κ1) is 9.97. The van der Waals surface area contributed by atoms with Crippen molar-refractivity contribution in [3.8, 4) is 0 Å². The van der Waals surface area contributed by atoms with Crippen molar-refractivity contribution >= 4 is 27.7 Å². The second-order valence-electron chi connectivity index (χ2n) is 1.65. The quantitative estimate of drug-likeness (QED) is 0.485. The van der Waals surface area contributed by atoms with E-state index in [4.69, 9.17) is 11.1 Å². The van der Waals surface area contributed by atoms with E-state index in [0.717, 1.165) is 0 Å². The fraction of sp³-hybridized carbons (Fsp3) is 0.800. The van der Waals surface area contributed by atoms with Crippen molar-refractivity contribution < 1.29 is 4.21 Å². The van der Waals surface area contributed by atoms with Crippen LogP contribution in [0.4, 0.5) is 0 Å². The Labute approximate surface area is 67.7 Å². The third-order valence-corrected chi connectivity index (χ3v) is 3.17. The first-order chi connectivity index (χ1) is 4.66. The third kappa shape index (κ3) is 6.10. The van der Waals surface area contributed by atoms with Crippen LogP contribution in [0.3, 0.4) is 0 Å². The zero-order chi connectivity index (χ0) is 7.98. The zero-order valence-corrected chi connectivity index (χ0v) is 7.56. The molecule has 0 saturated carbocycles. The number of nitrogens with two attached hydrogens (primary N) is 1. The Bertz CT molecular complexity index is 138. The van der Waals surface area contributed by atoms with Crippen LogP contribution in [0.2, 0.25) is 0 Å². The van der Waals surface area contributed by atoms with E-state index in [-0.39, 0.29) is 5.17 Å². The molecule has 10 heavy (non-hydrogen) atoms. The van der Waals surface area contributed by atoms with Crippen LogP contribution in [0.5, 0.6) is 0 Å². The van der Waals surface area contributed by atoms with E-state index in [1.807, 2.05) is 6.92 Å². The van der Waals surface area contributed by atoms with E-state index < -0.39 is 10.8 Å². The van der Waals surface area contributed by atoms with Gasteiger partial charge in [-0.1, -0.05) is 18.7 Å². The highest BCUT2D eigenvalue weighted by molar-refractivity contribution is 8.14. The SMILES string of the molecule is CC[S@@](=O)CCSC(=N)N. The minimum atomic E-state index is -0.716. The molecule has 0 radical (unpaired) electrons. The first-order valence-electron chi connectivity index (χ1n) is 2.98. The highest BCUT2D eigenvalue weighted by Crippen LogP contribution is 1.97. The van der Waals surface area contributed by atoms with Gasteiger partial charge in [0.15, 0.2) is 5.17 Å². The number of nitrogens with one attached hydrogen (secondary N) is 1. The van der Waals surface area contributed by atoms with Crippen molar-refractivity contribution in [2.75, 3.05) is 17.3 Å². The van der Waals surface area contributed by atoms with E-state index in [0.29, 0.717) is 17.3 Å². The van der Waals surface area contributed by atoms with Gasteiger partial charge in [0.25, 0.3) is 0 Å². The number of rotatable bonds is 4. The molecule has 60 valence electrons. The van der Waals surface area contributed by atoms with Crippen LogP contribution in [0, 0.1) is 5.41 Å². The first-order valence-corrected chi connectivity index (χ1v) is 5.46. The summed E-state index contributed by atoms with van der Waals surface area (Å²) in [5, 5.41) is 6.94. The molecule has 0 rings (SSSR count). The molecule has 0 aliphatic heterocycles. The number of hydrogen-bond acceptors (Lipinski definition) is 3. The molecule has 3 N–H and O–H groups in total. The minimum Gasteiger partial charge on any atom is -0.379 e. The predicted octanol–water partition coefficient (Wildman–Crippen LogP) is 0.382. The summed E-state index contributed by atoms with van der Waals surface area (Å²) in [5.41, 5.74) is 5.07. The molecule has 0 heterocycles. The van der Waals surface area contributed by atoms with Crippen molar-refractivity contribution in [2.45, 2.75) is 6.92 Å². The van der Waals surface area contributed by atoms with Gasteiger partial charge in [-0.05, 0) is 0 Å². The standard InChI is InChI=1S/C5H12N2OS2/c1-2-10(8)4-3-9-5(6)7/h2-4H2,1H3,(H3,6,7)/t10-/m1/s1. The van der Waals surface area contributed by atoms with Gasteiger partial charge in [0.2, 0.25) is 0 Å². The lowest BCUT2D eigenvalue weighted by Crippen LogP contribution is -2.08. The average Bonchev–Trinajstić information content (AvgIpc) is 1.87. The largest absolute Gasteiger partial charge is 0.379 e. The Morgan fingerprint density at radius 3 is 2.80 bits per heavy atom. The van der Waals surface area contributed by atoms with Crippen LogP contribution < -0.4 is 5.73 Å². The summed E-state index contributed by atoms with van der Waals surface area (Å²) < 4.78 is 10.8. The molecule has 0 aromatic rings. The maximum Gasteiger partial charge on any atom is 0.151 e. The van der Waals surface area contributed by atoms with E-state index in [2.05, 4.69) is 0 Å². The second-order valence-corrected chi connectivity index (χ2v) is 4.65. The van der Waals surface area contributed by atoms with Crippen molar-refractivity contribution in [3.05, 3.63) is 0 Å². The molecular formula is C5H12N2OS2. The molecule has 1 atom stereocenters. The maximum absolute atomic E-state index is 10.8. The number of hydrogen-bond donors (Lipinski definition) is 2. The van der Waals surface area contributed by atoms with Crippen molar-refractivity contribution in [1.82, 2.24) is 0 Å². The molecule has 0 saturated heterocycles. The molecule has 0 bridgehead atoms. The second kappa shape index (κ2) is 5.73. The molecular weight excluding hydrogens is 168 g/mol. The van der Waals surface area contributed by atoms with Crippen LogP contribution in [0.25, 0.3) is 0 Å². The predicted molar refractivity (Wildman–Crippen MR) is 47.9 cm³/mol. The minimum absolute atomic E-state index is 0.105. The molecule has 0 amide bonds. The lowest BCUT2D eigenvalue weighted by atomic mass is 10.9. The summed E-state index contributed by atoms with van der Waals surface area (Å²) in [6, 6.07) is 0. The average molecular weight is 180 g/mol. The van der Waals surface area contributed by atoms with Gasteiger partial charge in [-0.25, -0.2) is 0 Å². The van der Waals surface area contributed by atoms with E-state index >= 15 is 0 Å². The van der Waals surface area contributed by atoms with E-state index in [9.17, 15) is 4.21 Å². The lowest BCUT2D eigenvalue weighted by molar-refractivity contribution is 0.685. The van der Waals surface area contributed by atoms with Crippen LogP contribution in [-0.4, -0.2) is 26.6 Å². The summed E-state index contributed by atoms with van der Waals surface area (Å²) in [5.74, 6) is 2.02. The summed E-state index contributed by atoms with van der Waals surface area (Å²) in [6.45, 7) is 1.88. The summed E-state index contributed by atoms with van der Waals surface area (Å²) >= 11 is 1.24. The molecule has 5 heteroatoms. The number of thioether (sulfide) groups is 1. The van der Waals surface area contributed by atoms with E-state index in [1.165, 1.54) is 11.8 Å². The highest BCUT2D eigenvalue weighted by Gasteiger charge is 1.96. The van der Waals surface area contributed by atoms with Gasteiger partial charge in [0.05, 0.1) is 0 Å². The van der Waals surface area contributed by atoms with Crippen LogP contribution in [0.1, 0.15) is 6.92 Å². The van der Waals surface area contributed by atoms with Crippen molar-refractivity contribution in [3.63, 3.8) is 0 Å². The van der Waals surface area contributed by atoms with Crippen molar-refractivity contribution in [1.29, 1.82) is 5.41 Å². The van der Waals surface area contributed by atoms with Gasteiger partial charge in [0, 0.05) is 28.1 Å².